The van der Waals surface area contributed by atoms with E-state index in [1.165, 1.54) is 12.8 Å². The number of allylic oxidation sites excluding steroid dienone is 2. The zero-order valence-electron chi connectivity index (χ0n) is 7.50. The maximum Gasteiger partial charge on any atom is 2.00 e. The van der Waals surface area contributed by atoms with Crippen LogP contribution in [-0.4, -0.2) is 0 Å². The predicted molar refractivity (Wildman–Crippen MR) is 43.8 cm³/mol. The molecule has 0 spiro atoms. The molecule has 2 atom stereocenters. The van der Waals surface area contributed by atoms with E-state index in [0.717, 1.165) is 11.8 Å². The molecule has 2 rings (SSSR count). The van der Waals surface area contributed by atoms with E-state index >= 15 is 0 Å². The van der Waals surface area contributed by atoms with Crippen molar-refractivity contribution in [2.24, 2.45) is 17.3 Å². The van der Waals surface area contributed by atoms with Gasteiger partial charge < -0.3 is 0 Å². The van der Waals surface area contributed by atoms with Crippen LogP contribution in [0.3, 0.4) is 0 Å². The standard InChI is InChI=1S/C10H16.Ru/c1-7-4-5-8-9(6-7)10(8,2)3;/h6-8H,4-5H2,1-3H3;/q;+2. The van der Waals surface area contributed by atoms with Gasteiger partial charge in [-0.1, -0.05) is 32.4 Å². The second-order valence-corrected chi connectivity index (χ2v) is 4.45. The van der Waals surface area contributed by atoms with Crippen molar-refractivity contribution >= 4 is 0 Å². The van der Waals surface area contributed by atoms with Gasteiger partial charge in [-0.15, -0.1) is 0 Å². The molecule has 11 heavy (non-hydrogen) atoms. The van der Waals surface area contributed by atoms with Gasteiger partial charge in [-0.2, -0.15) is 0 Å². The Morgan fingerprint density at radius 1 is 1.36 bits per heavy atom. The van der Waals surface area contributed by atoms with Crippen molar-refractivity contribution in [3.63, 3.8) is 0 Å². The van der Waals surface area contributed by atoms with Crippen LogP contribution in [0.5, 0.6) is 0 Å². The molecule has 0 saturated heterocycles. The Morgan fingerprint density at radius 2 is 2.00 bits per heavy atom. The molecule has 0 nitrogen and oxygen atoms in total. The summed E-state index contributed by atoms with van der Waals surface area (Å²) in [5.41, 5.74) is 2.33. The van der Waals surface area contributed by atoms with E-state index in [1.807, 2.05) is 0 Å². The summed E-state index contributed by atoms with van der Waals surface area (Å²) in [5, 5.41) is 0. The molecular weight excluding hydrogens is 221 g/mol. The van der Waals surface area contributed by atoms with Crippen molar-refractivity contribution in [3.8, 4) is 0 Å². The van der Waals surface area contributed by atoms with Gasteiger partial charge in [0.2, 0.25) is 0 Å². The molecule has 0 aromatic rings. The van der Waals surface area contributed by atoms with Gasteiger partial charge in [0.15, 0.2) is 0 Å². The second-order valence-electron chi connectivity index (χ2n) is 4.45. The Morgan fingerprint density at radius 3 is 2.45 bits per heavy atom. The van der Waals surface area contributed by atoms with Crippen molar-refractivity contribution in [1.29, 1.82) is 0 Å². The minimum Gasteiger partial charge on any atom is -0.0816 e. The molecule has 0 aromatic carbocycles. The molecule has 1 heteroatoms. The van der Waals surface area contributed by atoms with Gasteiger partial charge in [-0.25, -0.2) is 0 Å². The summed E-state index contributed by atoms with van der Waals surface area (Å²) in [6.45, 7) is 7.08. The van der Waals surface area contributed by atoms with E-state index in [1.54, 1.807) is 5.57 Å². The van der Waals surface area contributed by atoms with Crippen LogP contribution >= 0.6 is 0 Å². The van der Waals surface area contributed by atoms with Crippen LogP contribution in [0, 0.1) is 17.3 Å². The number of hydrogen-bond donors (Lipinski definition) is 0. The van der Waals surface area contributed by atoms with Crippen molar-refractivity contribution in [3.05, 3.63) is 11.6 Å². The molecule has 2 aliphatic rings. The van der Waals surface area contributed by atoms with Crippen LogP contribution in [-0.2, 0) is 19.5 Å². The predicted octanol–water partition coefficient (Wildman–Crippen LogP) is 3.00. The van der Waals surface area contributed by atoms with E-state index < -0.39 is 0 Å². The first-order valence-corrected chi connectivity index (χ1v) is 4.34. The largest absolute Gasteiger partial charge is 2.00 e. The maximum absolute atomic E-state index is 2.49. The fraction of sp³-hybridized carbons (Fsp3) is 0.800. The molecule has 2 unspecified atom stereocenters. The zero-order valence-corrected chi connectivity index (χ0v) is 9.24. The van der Waals surface area contributed by atoms with Gasteiger partial charge >= 0.3 is 19.5 Å². The first-order chi connectivity index (χ1) is 4.62. The molecule has 0 N–H and O–H groups in total. The average molecular weight is 237 g/mol. The van der Waals surface area contributed by atoms with Crippen LogP contribution in [0.2, 0.25) is 0 Å². The summed E-state index contributed by atoms with van der Waals surface area (Å²) in [7, 11) is 0. The van der Waals surface area contributed by atoms with Gasteiger partial charge in [0.05, 0.1) is 0 Å². The number of hydrogen-bond acceptors (Lipinski definition) is 0. The average Bonchev–Trinajstić information content (AvgIpc) is 2.36. The summed E-state index contributed by atoms with van der Waals surface area (Å²) in [5.74, 6) is 1.82. The van der Waals surface area contributed by atoms with Crippen LogP contribution < -0.4 is 0 Å². The second kappa shape index (κ2) is 2.69. The molecule has 0 radical (unpaired) electrons. The summed E-state index contributed by atoms with van der Waals surface area (Å²) in [6, 6.07) is 0. The monoisotopic (exact) mass is 238 g/mol. The van der Waals surface area contributed by atoms with Crippen molar-refractivity contribution in [1.82, 2.24) is 0 Å². The van der Waals surface area contributed by atoms with Gasteiger partial charge in [-0.3, -0.25) is 0 Å². The third-order valence-electron chi connectivity index (χ3n) is 3.28. The Bertz CT molecular complexity index is 191. The van der Waals surface area contributed by atoms with Crippen LogP contribution in [0.4, 0.5) is 0 Å². The van der Waals surface area contributed by atoms with Crippen LogP contribution in [0.1, 0.15) is 33.6 Å². The summed E-state index contributed by atoms with van der Waals surface area (Å²) >= 11 is 0. The van der Waals surface area contributed by atoms with E-state index in [9.17, 15) is 0 Å². The SMILES string of the molecule is CC1C=C2C(CC1)C2(C)C.[Ru+2]. The van der Waals surface area contributed by atoms with Gasteiger partial charge in [0.1, 0.15) is 0 Å². The first-order valence-electron chi connectivity index (χ1n) is 4.34. The first kappa shape index (κ1) is 9.45. The van der Waals surface area contributed by atoms with Crippen LogP contribution in [0.25, 0.3) is 0 Å². The molecular formula is C10H16Ru+2. The third-order valence-corrected chi connectivity index (χ3v) is 3.28. The molecule has 0 aromatic heterocycles. The Kier molecular flexibility index (Phi) is 2.32. The molecule has 1 fully saturated rings. The topological polar surface area (TPSA) is 0 Å². The smallest absolute Gasteiger partial charge is 0.0816 e. The van der Waals surface area contributed by atoms with Gasteiger partial charge in [0, 0.05) is 0 Å². The summed E-state index contributed by atoms with van der Waals surface area (Å²) in [4.78, 5) is 0. The van der Waals surface area contributed by atoms with Crippen molar-refractivity contribution in [2.45, 2.75) is 33.6 Å². The van der Waals surface area contributed by atoms with E-state index in [4.69, 9.17) is 0 Å². The zero-order chi connectivity index (χ0) is 7.35. The van der Waals surface area contributed by atoms with Gasteiger partial charge in [-0.05, 0) is 30.1 Å². The molecule has 0 aliphatic heterocycles. The maximum atomic E-state index is 2.49. The van der Waals surface area contributed by atoms with Crippen molar-refractivity contribution in [2.75, 3.05) is 0 Å². The fourth-order valence-electron chi connectivity index (χ4n) is 2.34. The summed E-state index contributed by atoms with van der Waals surface area (Å²) in [6.07, 6.45) is 5.35. The molecule has 2 aliphatic carbocycles. The minimum atomic E-state index is 0. The Labute approximate surface area is 82.2 Å². The molecule has 0 bridgehead atoms. The van der Waals surface area contributed by atoms with Crippen LogP contribution in [0.15, 0.2) is 11.6 Å². The molecule has 62 valence electrons. The number of rotatable bonds is 0. The normalized spacial score (nSPS) is 38.3. The fourth-order valence-corrected chi connectivity index (χ4v) is 2.34. The van der Waals surface area contributed by atoms with E-state index in [0.29, 0.717) is 5.41 Å². The quantitative estimate of drug-likeness (QED) is 0.449. The van der Waals surface area contributed by atoms with E-state index in [-0.39, 0.29) is 19.5 Å². The van der Waals surface area contributed by atoms with E-state index in [2.05, 4.69) is 26.8 Å². The Hall–Kier alpha value is 0.363. The minimum absolute atomic E-state index is 0. The van der Waals surface area contributed by atoms with Gasteiger partial charge in [0.25, 0.3) is 0 Å². The molecule has 0 amide bonds. The molecule has 0 heterocycles. The summed E-state index contributed by atoms with van der Waals surface area (Å²) < 4.78 is 0. The Balaban J connectivity index is 0.000000605. The molecule has 1 saturated carbocycles. The van der Waals surface area contributed by atoms with Crippen molar-refractivity contribution < 1.29 is 19.5 Å². The number of fused-ring (bicyclic) bond motifs is 1. The third kappa shape index (κ3) is 1.33.